The molecule has 4 nitrogen and oxygen atoms in total. The van der Waals surface area contributed by atoms with Gasteiger partial charge in [-0.05, 0) is 64.3 Å². The first-order valence-electron chi connectivity index (χ1n) is 8.74. The lowest BCUT2D eigenvalue weighted by molar-refractivity contribution is -0.135. The third kappa shape index (κ3) is 3.78. The lowest BCUT2D eigenvalue weighted by Crippen LogP contribution is -2.47. The van der Waals surface area contributed by atoms with E-state index in [0.29, 0.717) is 30.5 Å². The van der Waals surface area contributed by atoms with Gasteiger partial charge >= 0.3 is 0 Å². The van der Waals surface area contributed by atoms with E-state index in [4.69, 9.17) is 0 Å². The van der Waals surface area contributed by atoms with Crippen LogP contribution < -0.4 is 0 Å². The molecule has 3 rings (SSSR count). The molecule has 3 aliphatic carbocycles. The van der Waals surface area contributed by atoms with E-state index in [2.05, 4.69) is 16.7 Å². The van der Waals surface area contributed by atoms with Gasteiger partial charge in [0.05, 0.1) is 12.6 Å². The predicted molar refractivity (Wildman–Crippen MR) is 82.9 cm³/mol. The summed E-state index contributed by atoms with van der Waals surface area (Å²) in [6.45, 7) is 3.59. The number of hydrogen-bond acceptors (Lipinski definition) is 3. The smallest absolute Gasteiger partial charge is 0.237 e. The SMILES string of the molecule is CC(C1CC1)N(C(=O)CN(C)CC1CCCC1O)C1CC1. The highest BCUT2D eigenvalue weighted by Crippen LogP contribution is 2.39. The Hall–Kier alpha value is -0.610. The molecule has 21 heavy (non-hydrogen) atoms. The molecule has 0 aliphatic heterocycles. The third-order valence-electron chi connectivity index (χ3n) is 5.54. The Bertz CT molecular complexity index is 379. The summed E-state index contributed by atoms with van der Waals surface area (Å²) in [5.74, 6) is 1.40. The van der Waals surface area contributed by atoms with Gasteiger partial charge in [0.15, 0.2) is 0 Å². The van der Waals surface area contributed by atoms with Gasteiger partial charge in [-0.3, -0.25) is 9.69 Å². The van der Waals surface area contributed by atoms with Crippen LogP contribution >= 0.6 is 0 Å². The van der Waals surface area contributed by atoms with Gasteiger partial charge in [-0.1, -0.05) is 6.42 Å². The maximum atomic E-state index is 12.7. The van der Waals surface area contributed by atoms with E-state index in [9.17, 15) is 9.90 Å². The van der Waals surface area contributed by atoms with Crippen molar-refractivity contribution in [1.82, 2.24) is 9.80 Å². The number of amides is 1. The molecule has 0 spiro atoms. The minimum absolute atomic E-state index is 0.160. The molecule has 3 atom stereocenters. The zero-order chi connectivity index (χ0) is 15.0. The Morgan fingerprint density at radius 2 is 1.90 bits per heavy atom. The number of nitrogens with zero attached hydrogens (tertiary/aromatic N) is 2. The maximum absolute atomic E-state index is 12.7. The van der Waals surface area contributed by atoms with Crippen LogP contribution in [-0.2, 0) is 4.79 Å². The van der Waals surface area contributed by atoms with Gasteiger partial charge in [0.25, 0.3) is 0 Å². The van der Waals surface area contributed by atoms with E-state index < -0.39 is 0 Å². The molecule has 3 saturated carbocycles. The van der Waals surface area contributed by atoms with Crippen molar-refractivity contribution in [2.45, 2.75) is 70.1 Å². The van der Waals surface area contributed by atoms with Gasteiger partial charge in [-0.25, -0.2) is 0 Å². The first-order valence-corrected chi connectivity index (χ1v) is 8.74. The Morgan fingerprint density at radius 1 is 1.19 bits per heavy atom. The van der Waals surface area contributed by atoms with E-state index >= 15 is 0 Å². The fourth-order valence-corrected chi connectivity index (χ4v) is 3.93. The quantitative estimate of drug-likeness (QED) is 0.779. The van der Waals surface area contributed by atoms with E-state index in [1.165, 1.54) is 25.7 Å². The molecule has 1 amide bonds. The topological polar surface area (TPSA) is 43.8 Å². The lowest BCUT2D eigenvalue weighted by Gasteiger charge is -2.32. The third-order valence-corrected chi connectivity index (χ3v) is 5.54. The monoisotopic (exact) mass is 294 g/mol. The first kappa shape index (κ1) is 15.3. The second kappa shape index (κ2) is 6.25. The van der Waals surface area contributed by atoms with Crippen LogP contribution in [0.3, 0.4) is 0 Å². The van der Waals surface area contributed by atoms with Crippen molar-refractivity contribution >= 4 is 5.91 Å². The van der Waals surface area contributed by atoms with Crippen LogP contribution in [0.5, 0.6) is 0 Å². The molecule has 1 N–H and O–H groups in total. The average Bonchev–Trinajstić information content (AvgIpc) is 3.32. The van der Waals surface area contributed by atoms with Crippen LogP contribution in [0.25, 0.3) is 0 Å². The maximum Gasteiger partial charge on any atom is 0.237 e. The van der Waals surface area contributed by atoms with Crippen molar-refractivity contribution in [2.75, 3.05) is 20.1 Å². The fraction of sp³-hybridized carbons (Fsp3) is 0.941. The highest BCUT2D eigenvalue weighted by molar-refractivity contribution is 5.79. The molecule has 0 saturated heterocycles. The number of likely N-dealkylation sites (N-methyl/N-ethyl adjacent to an activating group) is 1. The molecule has 0 aromatic rings. The minimum Gasteiger partial charge on any atom is -0.393 e. The molecule has 0 bridgehead atoms. The summed E-state index contributed by atoms with van der Waals surface area (Å²) in [6.07, 6.45) is 7.96. The van der Waals surface area contributed by atoms with Crippen molar-refractivity contribution in [2.24, 2.45) is 11.8 Å². The van der Waals surface area contributed by atoms with Crippen molar-refractivity contribution < 1.29 is 9.90 Å². The predicted octanol–water partition coefficient (Wildman–Crippen LogP) is 1.87. The number of carbonyl (C=O) groups is 1. The van der Waals surface area contributed by atoms with Gasteiger partial charge in [-0.15, -0.1) is 0 Å². The number of aliphatic hydroxyl groups excluding tert-OH is 1. The van der Waals surface area contributed by atoms with E-state index in [1.54, 1.807) is 0 Å². The van der Waals surface area contributed by atoms with Crippen molar-refractivity contribution in [3.63, 3.8) is 0 Å². The van der Waals surface area contributed by atoms with Crippen LogP contribution in [0.1, 0.15) is 51.9 Å². The molecule has 3 aliphatic rings. The van der Waals surface area contributed by atoms with Crippen LogP contribution in [0.4, 0.5) is 0 Å². The Morgan fingerprint density at radius 3 is 2.43 bits per heavy atom. The number of aliphatic hydroxyl groups is 1. The second-order valence-electron chi connectivity index (χ2n) is 7.57. The minimum atomic E-state index is -0.160. The molecule has 0 radical (unpaired) electrons. The molecule has 3 unspecified atom stereocenters. The number of rotatable bonds is 7. The molecular weight excluding hydrogens is 264 g/mol. The molecule has 4 heteroatoms. The van der Waals surface area contributed by atoms with E-state index in [-0.39, 0.29) is 6.10 Å². The standard InChI is InChI=1S/C17H30N2O2/c1-12(13-6-7-13)19(15-8-9-15)17(21)11-18(2)10-14-4-3-5-16(14)20/h12-16,20H,3-11H2,1-2H3. The van der Waals surface area contributed by atoms with Gasteiger partial charge in [0, 0.05) is 18.6 Å². The summed E-state index contributed by atoms with van der Waals surface area (Å²) >= 11 is 0. The first-order chi connectivity index (χ1) is 10.1. The normalized spacial score (nSPS) is 30.7. The summed E-state index contributed by atoms with van der Waals surface area (Å²) < 4.78 is 0. The molecule has 0 aromatic heterocycles. The largest absolute Gasteiger partial charge is 0.393 e. The highest BCUT2D eigenvalue weighted by atomic mass is 16.3. The fourth-order valence-electron chi connectivity index (χ4n) is 3.93. The lowest BCUT2D eigenvalue weighted by atomic mass is 10.1. The Labute approximate surface area is 128 Å². The number of hydrogen-bond donors (Lipinski definition) is 1. The van der Waals surface area contributed by atoms with Crippen molar-refractivity contribution in [3.05, 3.63) is 0 Å². The molecule has 0 aromatic carbocycles. The summed E-state index contributed by atoms with van der Waals surface area (Å²) in [5.41, 5.74) is 0. The van der Waals surface area contributed by atoms with Crippen LogP contribution in [0.2, 0.25) is 0 Å². The molecule has 0 heterocycles. The van der Waals surface area contributed by atoms with Gasteiger partial charge in [0.2, 0.25) is 5.91 Å². The van der Waals surface area contributed by atoms with Crippen LogP contribution in [-0.4, -0.2) is 59.1 Å². The molecule has 120 valence electrons. The van der Waals surface area contributed by atoms with Crippen molar-refractivity contribution in [3.8, 4) is 0 Å². The highest BCUT2D eigenvalue weighted by Gasteiger charge is 2.41. The van der Waals surface area contributed by atoms with E-state index in [1.807, 2.05) is 7.05 Å². The molecule has 3 fully saturated rings. The average molecular weight is 294 g/mol. The van der Waals surface area contributed by atoms with E-state index in [0.717, 1.165) is 31.7 Å². The van der Waals surface area contributed by atoms with Gasteiger partial charge < -0.3 is 10.0 Å². The summed E-state index contributed by atoms with van der Waals surface area (Å²) in [7, 11) is 2.02. The van der Waals surface area contributed by atoms with Crippen LogP contribution in [0.15, 0.2) is 0 Å². The summed E-state index contributed by atoms with van der Waals surface area (Å²) in [5, 5.41) is 9.93. The van der Waals surface area contributed by atoms with Crippen molar-refractivity contribution in [1.29, 1.82) is 0 Å². The zero-order valence-corrected chi connectivity index (χ0v) is 13.5. The van der Waals surface area contributed by atoms with Crippen LogP contribution in [0, 0.1) is 11.8 Å². The number of carbonyl (C=O) groups excluding carboxylic acids is 1. The second-order valence-corrected chi connectivity index (χ2v) is 7.57. The van der Waals surface area contributed by atoms with Gasteiger partial charge in [-0.2, -0.15) is 0 Å². The Kier molecular flexibility index (Phi) is 4.55. The summed E-state index contributed by atoms with van der Waals surface area (Å²) in [6, 6.07) is 0.939. The van der Waals surface area contributed by atoms with Gasteiger partial charge in [0.1, 0.15) is 0 Å². The molecular formula is C17H30N2O2. The zero-order valence-electron chi connectivity index (χ0n) is 13.5. The Balaban J connectivity index is 1.51. The summed E-state index contributed by atoms with van der Waals surface area (Å²) in [4.78, 5) is 17.0.